The molecule has 0 bridgehead atoms. The molecule has 2 heterocycles. The largest absolute Gasteiger partial charge is 0.494 e. The standard InChI is InChI=1S/C17H18N4O3S/c1-4-24-12-7-5-11(6-8-12)15(22)18-19-16(23)14-9-13-10(2)20-21(3)17(13)25-14/h5-9H,4H2,1-3H3,(H,18,22)(H,19,23). The van der Waals surface area contributed by atoms with Gasteiger partial charge in [-0.3, -0.25) is 25.1 Å². The zero-order valence-electron chi connectivity index (χ0n) is 14.1. The fraction of sp³-hybridized carbons (Fsp3) is 0.235. The van der Waals surface area contributed by atoms with E-state index in [1.165, 1.54) is 11.3 Å². The number of thiophene rings is 1. The van der Waals surface area contributed by atoms with Crippen molar-refractivity contribution in [3.63, 3.8) is 0 Å². The number of carbonyl (C=O) groups excluding carboxylic acids is 2. The van der Waals surface area contributed by atoms with Crippen molar-refractivity contribution in [3.8, 4) is 5.75 Å². The summed E-state index contributed by atoms with van der Waals surface area (Å²) in [6.45, 7) is 4.35. The Morgan fingerprint density at radius 1 is 1.20 bits per heavy atom. The molecule has 0 aliphatic rings. The molecule has 3 rings (SSSR count). The number of nitrogens with zero attached hydrogens (tertiary/aromatic N) is 2. The van der Waals surface area contributed by atoms with Gasteiger partial charge in [-0.25, -0.2) is 0 Å². The zero-order chi connectivity index (χ0) is 18.0. The molecule has 7 nitrogen and oxygen atoms in total. The normalized spacial score (nSPS) is 10.7. The molecule has 0 saturated heterocycles. The number of hydrogen-bond acceptors (Lipinski definition) is 5. The van der Waals surface area contributed by atoms with Crippen molar-refractivity contribution in [1.29, 1.82) is 0 Å². The van der Waals surface area contributed by atoms with E-state index >= 15 is 0 Å². The first-order chi connectivity index (χ1) is 12.0. The third kappa shape index (κ3) is 3.48. The fourth-order valence-corrected chi connectivity index (χ4v) is 3.45. The van der Waals surface area contributed by atoms with Gasteiger partial charge in [-0.2, -0.15) is 5.10 Å². The van der Waals surface area contributed by atoms with E-state index in [9.17, 15) is 9.59 Å². The molecule has 2 aromatic heterocycles. The molecule has 0 atom stereocenters. The molecule has 2 amide bonds. The maximum Gasteiger partial charge on any atom is 0.279 e. The molecule has 130 valence electrons. The first-order valence-electron chi connectivity index (χ1n) is 7.76. The van der Waals surface area contributed by atoms with Gasteiger partial charge in [0, 0.05) is 18.0 Å². The van der Waals surface area contributed by atoms with Crippen LogP contribution >= 0.6 is 11.3 Å². The molecule has 3 aromatic rings. The minimum absolute atomic E-state index is 0.361. The van der Waals surface area contributed by atoms with Crippen molar-refractivity contribution < 1.29 is 14.3 Å². The highest BCUT2D eigenvalue weighted by atomic mass is 32.1. The van der Waals surface area contributed by atoms with E-state index in [4.69, 9.17) is 4.74 Å². The van der Waals surface area contributed by atoms with E-state index in [2.05, 4.69) is 16.0 Å². The average molecular weight is 358 g/mol. The van der Waals surface area contributed by atoms with E-state index in [1.807, 2.05) is 20.9 Å². The number of nitrogens with one attached hydrogen (secondary N) is 2. The highest BCUT2D eigenvalue weighted by Gasteiger charge is 2.16. The summed E-state index contributed by atoms with van der Waals surface area (Å²) < 4.78 is 7.07. The fourth-order valence-electron chi connectivity index (χ4n) is 2.43. The molecule has 0 aliphatic heterocycles. The van der Waals surface area contributed by atoms with Crippen LogP contribution in [0.15, 0.2) is 30.3 Å². The Bertz CT molecular complexity index is 893. The molecular formula is C17H18N4O3S. The molecular weight excluding hydrogens is 340 g/mol. The topological polar surface area (TPSA) is 85.2 Å². The van der Waals surface area contributed by atoms with Crippen molar-refractivity contribution in [2.24, 2.45) is 7.05 Å². The van der Waals surface area contributed by atoms with Gasteiger partial charge in [-0.05, 0) is 44.2 Å². The van der Waals surface area contributed by atoms with Crippen LogP contribution in [0.3, 0.4) is 0 Å². The first-order valence-corrected chi connectivity index (χ1v) is 8.58. The second-order valence-electron chi connectivity index (χ2n) is 5.40. The highest BCUT2D eigenvalue weighted by Crippen LogP contribution is 2.27. The van der Waals surface area contributed by atoms with Gasteiger partial charge in [-0.15, -0.1) is 11.3 Å². The number of hydrazine groups is 1. The van der Waals surface area contributed by atoms with Crippen molar-refractivity contribution >= 4 is 33.4 Å². The summed E-state index contributed by atoms with van der Waals surface area (Å²) in [6, 6.07) is 8.48. The summed E-state index contributed by atoms with van der Waals surface area (Å²) in [5.74, 6) is -0.0624. The van der Waals surface area contributed by atoms with Crippen molar-refractivity contribution in [1.82, 2.24) is 20.6 Å². The second kappa shape index (κ2) is 6.94. The maximum atomic E-state index is 12.2. The van der Waals surface area contributed by atoms with Gasteiger partial charge in [0.05, 0.1) is 17.2 Å². The molecule has 0 fully saturated rings. The van der Waals surface area contributed by atoms with Crippen LogP contribution < -0.4 is 15.6 Å². The summed E-state index contributed by atoms with van der Waals surface area (Å²) in [5, 5.41) is 5.24. The lowest BCUT2D eigenvalue weighted by Gasteiger charge is -2.07. The number of aryl methyl sites for hydroxylation is 2. The van der Waals surface area contributed by atoms with Gasteiger partial charge in [0.2, 0.25) is 0 Å². The van der Waals surface area contributed by atoms with Crippen LogP contribution in [0.25, 0.3) is 10.2 Å². The van der Waals surface area contributed by atoms with Crippen molar-refractivity contribution in [2.75, 3.05) is 6.61 Å². The van der Waals surface area contributed by atoms with Crippen molar-refractivity contribution in [2.45, 2.75) is 13.8 Å². The summed E-state index contributed by atoms with van der Waals surface area (Å²) in [4.78, 5) is 25.8. The Morgan fingerprint density at radius 2 is 1.88 bits per heavy atom. The highest BCUT2D eigenvalue weighted by molar-refractivity contribution is 7.20. The molecule has 0 unspecified atom stereocenters. The number of aromatic nitrogens is 2. The maximum absolute atomic E-state index is 12.2. The van der Waals surface area contributed by atoms with Crippen LogP contribution in [0.2, 0.25) is 0 Å². The summed E-state index contributed by atoms with van der Waals surface area (Å²) >= 11 is 1.33. The van der Waals surface area contributed by atoms with E-state index in [-0.39, 0.29) is 5.91 Å². The Morgan fingerprint density at radius 3 is 2.52 bits per heavy atom. The molecule has 0 radical (unpaired) electrons. The number of benzene rings is 1. The number of ether oxygens (including phenoxy) is 1. The second-order valence-corrected chi connectivity index (χ2v) is 6.43. The van der Waals surface area contributed by atoms with Gasteiger partial charge < -0.3 is 4.74 Å². The van der Waals surface area contributed by atoms with E-state index in [0.29, 0.717) is 22.8 Å². The number of carbonyl (C=O) groups is 2. The lowest BCUT2D eigenvalue weighted by atomic mass is 10.2. The van der Waals surface area contributed by atoms with Gasteiger partial charge in [-0.1, -0.05) is 0 Å². The van der Waals surface area contributed by atoms with Gasteiger partial charge in [0.15, 0.2) is 0 Å². The van der Waals surface area contributed by atoms with Crippen molar-refractivity contribution in [3.05, 3.63) is 46.5 Å². The lowest BCUT2D eigenvalue weighted by Crippen LogP contribution is -2.41. The molecule has 2 N–H and O–H groups in total. The predicted molar refractivity (Wildman–Crippen MR) is 95.9 cm³/mol. The SMILES string of the molecule is CCOc1ccc(C(=O)NNC(=O)c2cc3c(C)nn(C)c3s2)cc1. The molecule has 0 saturated carbocycles. The van der Waals surface area contributed by atoms with Crippen LogP contribution in [0.4, 0.5) is 0 Å². The third-order valence-corrected chi connectivity index (χ3v) is 4.84. The predicted octanol–water partition coefficient (Wildman–Crippen LogP) is 2.42. The Kier molecular flexibility index (Phi) is 4.71. The monoisotopic (exact) mass is 358 g/mol. The summed E-state index contributed by atoms with van der Waals surface area (Å²) in [7, 11) is 1.83. The average Bonchev–Trinajstić information content (AvgIpc) is 3.15. The van der Waals surface area contributed by atoms with E-state index < -0.39 is 5.91 Å². The Balaban J connectivity index is 1.64. The minimum atomic E-state index is -0.393. The van der Waals surface area contributed by atoms with Crippen LogP contribution in [-0.4, -0.2) is 28.2 Å². The molecule has 25 heavy (non-hydrogen) atoms. The minimum Gasteiger partial charge on any atom is -0.494 e. The van der Waals surface area contributed by atoms with Gasteiger partial charge in [0.25, 0.3) is 11.8 Å². The van der Waals surface area contributed by atoms with Crippen LogP contribution in [0, 0.1) is 6.92 Å². The van der Waals surface area contributed by atoms with Gasteiger partial charge >= 0.3 is 0 Å². The van der Waals surface area contributed by atoms with Crippen LogP contribution in [-0.2, 0) is 7.05 Å². The Labute approximate surface area is 148 Å². The van der Waals surface area contributed by atoms with E-state index in [1.54, 1.807) is 35.0 Å². The summed E-state index contributed by atoms with van der Waals surface area (Å²) in [6.07, 6.45) is 0. The third-order valence-electron chi connectivity index (χ3n) is 3.64. The molecule has 8 heteroatoms. The number of amides is 2. The molecule has 0 spiro atoms. The van der Waals surface area contributed by atoms with E-state index in [0.717, 1.165) is 15.9 Å². The van der Waals surface area contributed by atoms with Crippen LogP contribution in [0.1, 0.15) is 32.6 Å². The number of rotatable bonds is 4. The lowest BCUT2D eigenvalue weighted by molar-refractivity contribution is 0.0849. The quantitative estimate of drug-likeness (QED) is 0.702. The smallest absolute Gasteiger partial charge is 0.279 e. The molecule has 1 aromatic carbocycles. The number of fused-ring (bicyclic) bond motifs is 1. The first kappa shape index (κ1) is 17.0. The Hall–Kier alpha value is -2.87. The van der Waals surface area contributed by atoms with Crippen LogP contribution in [0.5, 0.6) is 5.75 Å². The number of hydrogen-bond donors (Lipinski definition) is 2. The molecule has 0 aliphatic carbocycles. The summed E-state index contributed by atoms with van der Waals surface area (Å²) in [5.41, 5.74) is 6.15. The van der Waals surface area contributed by atoms with Gasteiger partial charge in [0.1, 0.15) is 10.6 Å². The zero-order valence-corrected chi connectivity index (χ0v) is 14.9.